The van der Waals surface area contributed by atoms with Crippen molar-refractivity contribution >= 4 is 34.8 Å². The van der Waals surface area contributed by atoms with Crippen LogP contribution in [0, 0.1) is 6.92 Å². The van der Waals surface area contributed by atoms with E-state index < -0.39 is 0 Å². The van der Waals surface area contributed by atoms with E-state index in [2.05, 4.69) is 20.6 Å². The molecule has 172 valence electrons. The number of benzene rings is 3. The molecular weight excluding hydrogens is 448 g/mol. The van der Waals surface area contributed by atoms with Crippen molar-refractivity contribution in [1.82, 2.24) is 9.97 Å². The molecule has 0 fully saturated rings. The second-order valence-corrected chi connectivity index (χ2v) is 8.39. The fourth-order valence-corrected chi connectivity index (χ4v) is 3.87. The predicted molar refractivity (Wildman–Crippen MR) is 138 cm³/mol. The molecule has 0 saturated carbocycles. The number of nitrogens with one attached hydrogen (secondary N) is 3. The van der Waals surface area contributed by atoms with E-state index in [0.29, 0.717) is 34.3 Å². The first-order valence-electron chi connectivity index (χ1n) is 11.0. The maximum atomic E-state index is 12.9. The number of aromatic nitrogens is 2. The van der Waals surface area contributed by atoms with Crippen LogP contribution >= 0.6 is 11.6 Å². The lowest BCUT2D eigenvalue weighted by atomic mass is 9.95. The number of halogens is 1. The lowest BCUT2D eigenvalue weighted by molar-refractivity contribution is -0.117. The van der Waals surface area contributed by atoms with Crippen LogP contribution in [0.4, 0.5) is 17.3 Å². The van der Waals surface area contributed by atoms with Gasteiger partial charge in [-0.3, -0.25) is 14.6 Å². The maximum absolute atomic E-state index is 12.9. The lowest BCUT2D eigenvalue weighted by Crippen LogP contribution is -2.20. The Balaban J connectivity index is 1.54. The van der Waals surface area contributed by atoms with E-state index in [-0.39, 0.29) is 17.4 Å². The van der Waals surface area contributed by atoms with E-state index in [4.69, 9.17) is 11.6 Å². The summed E-state index contributed by atoms with van der Waals surface area (Å²) < 4.78 is 0. The van der Waals surface area contributed by atoms with Crippen LogP contribution in [0.25, 0.3) is 11.3 Å². The molecule has 3 N–H and O–H groups in total. The molecule has 4 aromatic rings. The molecule has 1 aromatic heterocycles. The van der Waals surface area contributed by atoms with Crippen molar-refractivity contribution in [2.45, 2.75) is 26.2 Å². The second kappa shape index (κ2) is 10.4. The number of nitrogens with zero attached hydrogens (tertiary/aromatic N) is 1. The minimum Gasteiger partial charge on any atom is -0.326 e. The first kappa shape index (κ1) is 23.3. The Hall–Kier alpha value is -3.90. The van der Waals surface area contributed by atoms with Gasteiger partial charge in [0.1, 0.15) is 0 Å². The average Bonchev–Trinajstić information content (AvgIpc) is 2.84. The smallest absolute Gasteiger partial charge is 0.255 e. The molecule has 0 radical (unpaired) electrons. The molecule has 3 aromatic carbocycles. The van der Waals surface area contributed by atoms with Crippen LogP contribution in [-0.4, -0.2) is 15.9 Å². The van der Waals surface area contributed by atoms with Crippen LogP contribution in [0.15, 0.2) is 83.7 Å². The molecule has 1 heterocycles. The van der Waals surface area contributed by atoms with Gasteiger partial charge in [-0.25, -0.2) is 4.98 Å². The topological polar surface area (TPSA) is 86.9 Å². The third-order valence-corrected chi connectivity index (χ3v) is 5.86. The standard InChI is InChI=1S/C27H25ClN4O2/c1-3-23(18-7-5-4-6-8-18)26(34)29-21-13-9-19(10-14-21)24-17(2)25(33)32-27(31-24)30-22-15-11-20(28)12-16-22/h4-16,23H,3H2,1-2H3,(H,29,34)(H2,30,31,32,33). The SMILES string of the molecule is CCC(C(=O)Nc1ccc(-c2nc(Nc3ccc(Cl)cc3)[nH]c(=O)c2C)cc1)c1ccccc1. The fourth-order valence-electron chi connectivity index (χ4n) is 3.74. The molecule has 0 aliphatic rings. The summed E-state index contributed by atoms with van der Waals surface area (Å²) >= 11 is 5.94. The van der Waals surface area contributed by atoms with Gasteiger partial charge in [-0.2, -0.15) is 0 Å². The summed E-state index contributed by atoms with van der Waals surface area (Å²) in [6.07, 6.45) is 0.702. The van der Waals surface area contributed by atoms with Crippen LogP contribution in [0.3, 0.4) is 0 Å². The summed E-state index contributed by atoms with van der Waals surface area (Å²) in [6, 6.07) is 24.2. The summed E-state index contributed by atoms with van der Waals surface area (Å²) in [6.45, 7) is 3.73. The number of hydrogen-bond donors (Lipinski definition) is 3. The lowest BCUT2D eigenvalue weighted by Gasteiger charge is -2.16. The highest BCUT2D eigenvalue weighted by Gasteiger charge is 2.18. The van der Waals surface area contributed by atoms with Crippen molar-refractivity contribution in [1.29, 1.82) is 0 Å². The molecule has 34 heavy (non-hydrogen) atoms. The van der Waals surface area contributed by atoms with Crippen molar-refractivity contribution in [3.63, 3.8) is 0 Å². The molecule has 4 rings (SSSR count). The van der Waals surface area contributed by atoms with Gasteiger partial charge in [0.15, 0.2) is 0 Å². The van der Waals surface area contributed by atoms with E-state index in [1.54, 1.807) is 31.2 Å². The normalized spacial score (nSPS) is 11.6. The number of aromatic amines is 1. The Morgan fingerprint density at radius 3 is 2.26 bits per heavy atom. The van der Waals surface area contributed by atoms with Crippen LogP contribution in [0.2, 0.25) is 5.02 Å². The van der Waals surface area contributed by atoms with Gasteiger partial charge in [0.25, 0.3) is 5.56 Å². The zero-order chi connectivity index (χ0) is 24.1. The molecule has 1 amide bonds. The number of rotatable bonds is 7. The highest BCUT2D eigenvalue weighted by molar-refractivity contribution is 6.30. The average molecular weight is 473 g/mol. The molecule has 7 heteroatoms. The van der Waals surface area contributed by atoms with Crippen molar-refractivity contribution < 1.29 is 4.79 Å². The van der Waals surface area contributed by atoms with Gasteiger partial charge < -0.3 is 10.6 Å². The second-order valence-electron chi connectivity index (χ2n) is 7.96. The van der Waals surface area contributed by atoms with E-state index in [9.17, 15) is 9.59 Å². The van der Waals surface area contributed by atoms with Gasteiger partial charge in [0.05, 0.1) is 11.6 Å². The summed E-state index contributed by atoms with van der Waals surface area (Å²) in [5.74, 6) is 0.0549. The summed E-state index contributed by atoms with van der Waals surface area (Å²) in [7, 11) is 0. The third kappa shape index (κ3) is 5.35. The van der Waals surface area contributed by atoms with Gasteiger partial charge in [-0.15, -0.1) is 0 Å². The van der Waals surface area contributed by atoms with E-state index in [1.165, 1.54) is 0 Å². The zero-order valence-electron chi connectivity index (χ0n) is 18.9. The van der Waals surface area contributed by atoms with Crippen molar-refractivity contribution in [2.75, 3.05) is 10.6 Å². The van der Waals surface area contributed by atoms with E-state index >= 15 is 0 Å². The number of H-pyrrole nitrogens is 1. The molecule has 1 atom stereocenters. The number of carbonyl (C=O) groups excluding carboxylic acids is 1. The van der Waals surface area contributed by atoms with Gasteiger partial charge in [-0.1, -0.05) is 61.0 Å². The van der Waals surface area contributed by atoms with Gasteiger partial charge in [-0.05, 0) is 55.3 Å². The molecule has 0 aliphatic heterocycles. The van der Waals surface area contributed by atoms with Crippen LogP contribution in [0.1, 0.15) is 30.4 Å². The molecule has 0 spiro atoms. The van der Waals surface area contributed by atoms with Crippen LogP contribution < -0.4 is 16.2 Å². The highest BCUT2D eigenvalue weighted by Crippen LogP contribution is 2.25. The van der Waals surface area contributed by atoms with Crippen LogP contribution in [-0.2, 0) is 4.79 Å². The zero-order valence-corrected chi connectivity index (χ0v) is 19.7. The number of carbonyl (C=O) groups is 1. The quantitative estimate of drug-likeness (QED) is 0.295. The third-order valence-electron chi connectivity index (χ3n) is 5.61. The van der Waals surface area contributed by atoms with Crippen molar-refractivity contribution in [2.24, 2.45) is 0 Å². The number of anilines is 3. The van der Waals surface area contributed by atoms with Crippen LogP contribution in [0.5, 0.6) is 0 Å². The first-order valence-corrected chi connectivity index (χ1v) is 11.4. The molecular formula is C27H25ClN4O2. The Bertz CT molecular complexity index is 1330. The number of amides is 1. The molecule has 0 aliphatic carbocycles. The first-order chi connectivity index (χ1) is 16.4. The molecule has 1 unspecified atom stereocenters. The summed E-state index contributed by atoms with van der Waals surface area (Å²) in [5.41, 5.74) is 4.04. The Morgan fingerprint density at radius 2 is 1.62 bits per heavy atom. The van der Waals surface area contributed by atoms with E-state index in [0.717, 1.165) is 16.8 Å². The Kier molecular flexibility index (Phi) is 7.09. The molecule has 6 nitrogen and oxygen atoms in total. The fraction of sp³-hybridized carbons (Fsp3) is 0.148. The summed E-state index contributed by atoms with van der Waals surface area (Å²) in [5, 5.41) is 6.72. The largest absolute Gasteiger partial charge is 0.326 e. The van der Waals surface area contributed by atoms with Gasteiger partial charge >= 0.3 is 0 Å². The van der Waals surface area contributed by atoms with Crippen molar-refractivity contribution in [3.05, 3.63) is 105 Å². The van der Waals surface area contributed by atoms with Gasteiger partial charge in [0.2, 0.25) is 11.9 Å². The Morgan fingerprint density at radius 1 is 0.971 bits per heavy atom. The van der Waals surface area contributed by atoms with E-state index in [1.807, 2.05) is 61.5 Å². The predicted octanol–water partition coefficient (Wildman–Crippen LogP) is 6.27. The molecule has 0 bridgehead atoms. The number of hydrogen-bond acceptors (Lipinski definition) is 4. The Labute approximate surface area is 203 Å². The van der Waals surface area contributed by atoms with Crippen molar-refractivity contribution in [3.8, 4) is 11.3 Å². The monoisotopic (exact) mass is 472 g/mol. The molecule has 0 saturated heterocycles. The minimum absolute atomic E-state index is 0.0543. The minimum atomic E-state index is -0.229. The highest BCUT2D eigenvalue weighted by atomic mass is 35.5. The summed E-state index contributed by atoms with van der Waals surface area (Å²) in [4.78, 5) is 32.7. The maximum Gasteiger partial charge on any atom is 0.255 e. The van der Waals surface area contributed by atoms with Gasteiger partial charge in [0, 0.05) is 27.5 Å².